The molecule has 1 atom stereocenters. The lowest BCUT2D eigenvalue weighted by Crippen LogP contribution is -2.27. The van der Waals surface area contributed by atoms with Crippen molar-refractivity contribution in [1.29, 1.82) is 0 Å². The Morgan fingerprint density at radius 3 is 2.30 bits per heavy atom. The molecule has 1 aliphatic heterocycles. The van der Waals surface area contributed by atoms with Gasteiger partial charge in [0.2, 0.25) is 0 Å². The van der Waals surface area contributed by atoms with Gasteiger partial charge in [-0.1, -0.05) is 0 Å². The number of nitrogens with zero attached hydrogens (tertiary/aromatic N) is 2. The van der Waals surface area contributed by atoms with Crippen molar-refractivity contribution in [3.8, 4) is 23.0 Å². The highest BCUT2D eigenvalue weighted by Crippen LogP contribution is 2.41. The molecule has 3 aromatic rings. The number of hydrogen-bond acceptors (Lipinski definition) is 7. The van der Waals surface area contributed by atoms with Crippen molar-refractivity contribution in [2.75, 3.05) is 28.4 Å². The molecule has 0 bridgehead atoms. The monoisotopic (exact) mass is 514 g/mol. The summed E-state index contributed by atoms with van der Waals surface area (Å²) in [6.07, 6.45) is 0.451. The molecule has 0 saturated heterocycles. The molecule has 1 aliphatic rings. The van der Waals surface area contributed by atoms with Crippen molar-refractivity contribution >= 4 is 27.5 Å². The molecule has 0 radical (unpaired) electrons. The SMILES string of the molecule is COc1ccc(OC)c(C2CC(c3ccc(OC)c(OC)c3)=NN2C(=O)c2ccc(Br)o2)c1. The molecule has 1 unspecified atom stereocenters. The zero-order chi connectivity index (χ0) is 23.5. The van der Waals surface area contributed by atoms with Gasteiger partial charge in [-0.15, -0.1) is 0 Å². The molecule has 2 aromatic carbocycles. The molecular formula is C24H23BrN2O6. The van der Waals surface area contributed by atoms with Gasteiger partial charge in [0, 0.05) is 17.5 Å². The van der Waals surface area contributed by atoms with Crippen molar-refractivity contribution in [1.82, 2.24) is 5.01 Å². The average Bonchev–Trinajstić information content (AvgIpc) is 3.49. The van der Waals surface area contributed by atoms with E-state index in [1.165, 1.54) is 5.01 Å². The Kier molecular flexibility index (Phi) is 6.60. The number of halogens is 1. The number of rotatable bonds is 7. The third-order valence-corrected chi connectivity index (χ3v) is 5.84. The van der Waals surface area contributed by atoms with Crippen LogP contribution in [0.1, 0.15) is 34.1 Å². The van der Waals surface area contributed by atoms with Crippen LogP contribution in [0.15, 0.2) is 62.7 Å². The lowest BCUT2D eigenvalue weighted by molar-refractivity contribution is 0.0675. The first-order chi connectivity index (χ1) is 16.0. The minimum absolute atomic E-state index is 0.172. The van der Waals surface area contributed by atoms with Crippen LogP contribution in [0.2, 0.25) is 0 Å². The highest BCUT2D eigenvalue weighted by Gasteiger charge is 2.37. The fraction of sp³-hybridized carbons (Fsp3) is 0.250. The molecule has 0 aliphatic carbocycles. The molecule has 1 aromatic heterocycles. The Labute approximate surface area is 199 Å². The summed E-state index contributed by atoms with van der Waals surface area (Å²) in [5.74, 6) is 2.27. The van der Waals surface area contributed by atoms with Gasteiger partial charge < -0.3 is 23.4 Å². The smallest absolute Gasteiger partial charge is 0.310 e. The summed E-state index contributed by atoms with van der Waals surface area (Å²) < 4.78 is 27.8. The lowest BCUT2D eigenvalue weighted by Gasteiger charge is -2.23. The zero-order valence-corrected chi connectivity index (χ0v) is 20.2. The van der Waals surface area contributed by atoms with Gasteiger partial charge in [0.05, 0.1) is 40.2 Å². The highest BCUT2D eigenvalue weighted by atomic mass is 79.9. The zero-order valence-electron chi connectivity index (χ0n) is 18.6. The van der Waals surface area contributed by atoms with Crippen molar-refractivity contribution in [3.05, 3.63) is 70.1 Å². The second-order valence-electron chi connectivity index (χ2n) is 7.20. The first kappa shape index (κ1) is 22.7. The molecule has 33 heavy (non-hydrogen) atoms. The number of amides is 1. The summed E-state index contributed by atoms with van der Waals surface area (Å²) in [7, 11) is 6.34. The fourth-order valence-electron chi connectivity index (χ4n) is 3.77. The van der Waals surface area contributed by atoms with Crippen LogP contribution in [0, 0.1) is 0 Å². The first-order valence-corrected chi connectivity index (χ1v) is 10.9. The third kappa shape index (κ3) is 4.41. The topological polar surface area (TPSA) is 82.7 Å². The summed E-state index contributed by atoms with van der Waals surface area (Å²) in [5.41, 5.74) is 2.30. The van der Waals surface area contributed by atoms with Gasteiger partial charge in [-0.25, -0.2) is 5.01 Å². The van der Waals surface area contributed by atoms with Crippen molar-refractivity contribution < 1.29 is 28.2 Å². The predicted octanol–water partition coefficient (Wildman–Crippen LogP) is 5.07. The van der Waals surface area contributed by atoms with Crippen LogP contribution < -0.4 is 18.9 Å². The van der Waals surface area contributed by atoms with Crippen LogP contribution in [0.3, 0.4) is 0 Å². The van der Waals surface area contributed by atoms with E-state index in [-0.39, 0.29) is 11.7 Å². The van der Waals surface area contributed by atoms with Crippen LogP contribution in [0.5, 0.6) is 23.0 Å². The van der Waals surface area contributed by atoms with Crippen molar-refractivity contribution in [2.45, 2.75) is 12.5 Å². The number of carbonyl (C=O) groups is 1. The van der Waals surface area contributed by atoms with E-state index in [0.717, 1.165) is 11.1 Å². The van der Waals surface area contributed by atoms with Crippen molar-refractivity contribution in [3.63, 3.8) is 0 Å². The summed E-state index contributed by atoms with van der Waals surface area (Å²) in [6, 6.07) is 13.9. The maximum atomic E-state index is 13.4. The number of hydrazone groups is 1. The van der Waals surface area contributed by atoms with Gasteiger partial charge in [-0.3, -0.25) is 4.79 Å². The molecule has 4 rings (SSSR count). The third-order valence-electron chi connectivity index (χ3n) is 5.42. The maximum absolute atomic E-state index is 13.4. The number of carbonyl (C=O) groups excluding carboxylic acids is 1. The van der Waals surface area contributed by atoms with Crippen LogP contribution in [-0.2, 0) is 0 Å². The van der Waals surface area contributed by atoms with Crippen LogP contribution in [-0.4, -0.2) is 45.1 Å². The minimum atomic E-state index is -0.436. The summed E-state index contributed by atoms with van der Waals surface area (Å²) >= 11 is 3.25. The van der Waals surface area contributed by atoms with E-state index in [4.69, 9.17) is 28.5 Å². The summed E-state index contributed by atoms with van der Waals surface area (Å²) in [6.45, 7) is 0. The average molecular weight is 515 g/mol. The highest BCUT2D eigenvalue weighted by molar-refractivity contribution is 9.10. The molecule has 0 N–H and O–H groups in total. The number of furan rings is 1. The number of hydrogen-bond donors (Lipinski definition) is 0. The lowest BCUT2D eigenvalue weighted by atomic mass is 9.97. The molecule has 0 fully saturated rings. The maximum Gasteiger partial charge on any atom is 0.310 e. The standard InChI is InChI=1S/C24H23BrN2O6/c1-29-15-6-8-19(30-2)16(12-15)18-13-17(14-5-7-20(31-3)22(11-14)32-4)26-27(18)24(28)21-9-10-23(25)33-21/h5-12,18H,13H2,1-4H3. The quantitative estimate of drug-likeness (QED) is 0.437. The van der Waals surface area contributed by atoms with Gasteiger partial charge >= 0.3 is 5.91 Å². The normalized spacial score (nSPS) is 15.2. The molecular weight excluding hydrogens is 492 g/mol. The molecule has 8 nitrogen and oxygen atoms in total. The van der Waals surface area contributed by atoms with Crippen molar-refractivity contribution in [2.24, 2.45) is 5.10 Å². The van der Waals surface area contributed by atoms with E-state index >= 15 is 0 Å². The van der Waals surface area contributed by atoms with Crippen LogP contribution in [0.25, 0.3) is 0 Å². The molecule has 172 valence electrons. The molecule has 0 spiro atoms. The Balaban J connectivity index is 1.79. The van der Waals surface area contributed by atoms with Gasteiger partial charge in [0.25, 0.3) is 0 Å². The number of methoxy groups -OCH3 is 4. The van der Waals surface area contributed by atoms with E-state index in [9.17, 15) is 4.79 Å². The van der Waals surface area contributed by atoms with E-state index < -0.39 is 6.04 Å². The Hall–Kier alpha value is -3.46. The largest absolute Gasteiger partial charge is 0.497 e. The van der Waals surface area contributed by atoms with Crippen LogP contribution in [0.4, 0.5) is 0 Å². The fourth-order valence-corrected chi connectivity index (χ4v) is 4.08. The van der Waals surface area contributed by atoms with Gasteiger partial charge in [0.15, 0.2) is 21.9 Å². The predicted molar refractivity (Wildman–Crippen MR) is 126 cm³/mol. The molecule has 9 heteroatoms. The summed E-state index contributed by atoms with van der Waals surface area (Å²) in [5, 5.41) is 6.12. The van der Waals surface area contributed by atoms with E-state index in [1.807, 2.05) is 36.4 Å². The second-order valence-corrected chi connectivity index (χ2v) is 7.98. The van der Waals surface area contributed by atoms with E-state index in [0.29, 0.717) is 39.8 Å². The van der Waals surface area contributed by atoms with Gasteiger partial charge in [-0.05, 0) is 64.5 Å². The van der Waals surface area contributed by atoms with E-state index in [2.05, 4.69) is 15.9 Å². The molecule has 0 saturated carbocycles. The number of ether oxygens (including phenoxy) is 4. The van der Waals surface area contributed by atoms with Crippen LogP contribution >= 0.6 is 15.9 Å². The van der Waals surface area contributed by atoms with Gasteiger partial charge in [0.1, 0.15) is 11.5 Å². The van der Waals surface area contributed by atoms with E-state index in [1.54, 1.807) is 40.6 Å². The molecule has 1 amide bonds. The first-order valence-electron chi connectivity index (χ1n) is 10.1. The molecule has 2 heterocycles. The van der Waals surface area contributed by atoms with Gasteiger partial charge in [-0.2, -0.15) is 5.10 Å². The minimum Gasteiger partial charge on any atom is -0.497 e. The number of benzene rings is 2. The second kappa shape index (κ2) is 9.58. The Morgan fingerprint density at radius 1 is 0.939 bits per heavy atom. The Bertz CT molecular complexity index is 1210. The summed E-state index contributed by atoms with van der Waals surface area (Å²) in [4.78, 5) is 13.4. The Morgan fingerprint density at radius 2 is 1.67 bits per heavy atom.